The van der Waals surface area contributed by atoms with Gasteiger partial charge in [-0.25, -0.2) is 18.4 Å². The molecule has 1 atom stereocenters. The van der Waals surface area contributed by atoms with Crippen molar-refractivity contribution in [2.24, 2.45) is 4.99 Å². The van der Waals surface area contributed by atoms with Gasteiger partial charge < -0.3 is 9.15 Å². The van der Waals surface area contributed by atoms with Crippen molar-refractivity contribution in [3.63, 3.8) is 0 Å². The number of nitro groups is 1. The summed E-state index contributed by atoms with van der Waals surface area (Å²) in [5, 5.41) is 21.8. The molecule has 4 aromatic rings. The molecule has 0 bridgehead atoms. The van der Waals surface area contributed by atoms with Crippen molar-refractivity contribution in [2.45, 2.75) is 50.5 Å². The van der Waals surface area contributed by atoms with Crippen LogP contribution in [0.3, 0.4) is 0 Å². The van der Waals surface area contributed by atoms with Crippen LogP contribution in [0, 0.1) is 28.4 Å². The smallest absolute Gasteiger partial charge is 0.289 e. The van der Waals surface area contributed by atoms with Gasteiger partial charge in [0.2, 0.25) is 5.88 Å². The normalized spacial score (nSPS) is 14.9. The summed E-state index contributed by atoms with van der Waals surface area (Å²) in [6.45, 7) is 3.76. The minimum atomic E-state index is -4.57. The lowest BCUT2D eigenvalue weighted by Crippen LogP contribution is -2.38. The molecular formula is C31H30N6O6S. The number of benzene rings is 2. The number of aromatic nitrogens is 2. The van der Waals surface area contributed by atoms with E-state index in [0.717, 1.165) is 11.1 Å². The molecular weight excluding hydrogens is 584 g/mol. The molecule has 0 amide bonds. The number of oxazole rings is 1. The number of anilines is 1. The van der Waals surface area contributed by atoms with Gasteiger partial charge in [0, 0.05) is 18.7 Å². The number of aryl methyl sites for hydroxylation is 1. The SMILES string of the molecule is CCc1ccc(N(C2CCCc3c2nc(OC)c(C#N)c3C)S(=O)(=O)c2ccccc2[N+](=O)[O-])cc1/C(=N\C)c1cnco1. The zero-order valence-electron chi connectivity index (χ0n) is 24.6. The molecule has 44 heavy (non-hydrogen) atoms. The number of aliphatic imine (C=N–C) groups is 1. The number of hydrogen-bond acceptors (Lipinski definition) is 10. The van der Waals surface area contributed by atoms with E-state index in [2.05, 4.69) is 21.0 Å². The van der Waals surface area contributed by atoms with E-state index in [4.69, 9.17) is 9.15 Å². The molecule has 1 aliphatic carbocycles. The maximum Gasteiger partial charge on any atom is 0.289 e. The van der Waals surface area contributed by atoms with Crippen LogP contribution in [0.25, 0.3) is 0 Å². The van der Waals surface area contributed by atoms with Gasteiger partial charge in [0.15, 0.2) is 17.0 Å². The number of ether oxygens (including phenoxy) is 1. The lowest BCUT2D eigenvalue weighted by molar-refractivity contribution is -0.387. The Labute approximate surface area is 254 Å². The lowest BCUT2D eigenvalue weighted by atomic mass is 9.87. The fraction of sp³-hybridized carbons (Fsp3) is 0.290. The van der Waals surface area contributed by atoms with Crippen molar-refractivity contribution >= 4 is 27.1 Å². The highest BCUT2D eigenvalue weighted by molar-refractivity contribution is 7.93. The summed E-state index contributed by atoms with van der Waals surface area (Å²) in [5.74, 6) is 0.493. The van der Waals surface area contributed by atoms with Gasteiger partial charge in [-0.1, -0.05) is 25.1 Å². The summed E-state index contributed by atoms with van der Waals surface area (Å²) in [6, 6.07) is 11.8. The van der Waals surface area contributed by atoms with E-state index in [1.807, 2.05) is 13.0 Å². The number of hydrogen-bond donors (Lipinski definition) is 0. The van der Waals surface area contributed by atoms with Crippen LogP contribution in [-0.2, 0) is 22.9 Å². The number of nitriles is 1. The predicted molar refractivity (Wildman–Crippen MR) is 163 cm³/mol. The Morgan fingerprint density at radius 2 is 2.07 bits per heavy atom. The molecule has 1 unspecified atom stereocenters. The summed E-state index contributed by atoms with van der Waals surface area (Å²) in [6.07, 6.45) is 4.98. The first-order valence-electron chi connectivity index (χ1n) is 13.9. The Balaban J connectivity index is 1.82. The fourth-order valence-corrected chi connectivity index (χ4v) is 7.59. The third kappa shape index (κ3) is 5.17. The van der Waals surface area contributed by atoms with E-state index in [1.165, 1.54) is 48.3 Å². The third-order valence-electron chi connectivity index (χ3n) is 7.85. The Kier molecular flexibility index (Phi) is 8.46. The van der Waals surface area contributed by atoms with Gasteiger partial charge in [-0.15, -0.1) is 0 Å². The largest absolute Gasteiger partial charge is 0.480 e. The van der Waals surface area contributed by atoms with Crippen molar-refractivity contribution in [1.82, 2.24) is 9.97 Å². The predicted octanol–water partition coefficient (Wildman–Crippen LogP) is 5.47. The van der Waals surface area contributed by atoms with Crippen LogP contribution in [0.2, 0.25) is 0 Å². The number of methoxy groups -OCH3 is 1. The Morgan fingerprint density at radius 1 is 1.30 bits per heavy atom. The molecule has 2 heterocycles. The highest BCUT2D eigenvalue weighted by Gasteiger charge is 2.41. The fourth-order valence-electron chi connectivity index (χ4n) is 5.79. The molecule has 0 saturated carbocycles. The first-order valence-corrected chi connectivity index (χ1v) is 15.4. The van der Waals surface area contributed by atoms with Crippen LogP contribution in [0.4, 0.5) is 11.4 Å². The van der Waals surface area contributed by atoms with Crippen molar-refractivity contribution in [1.29, 1.82) is 5.26 Å². The monoisotopic (exact) mass is 614 g/mol. The summed E-state index contributed by atoms with van der Waals surface area (Å²) < 4.78 is 41.6. The molecule has 1 aliphatic rings. The molecule has 0 spiro atoms. The molecule has 2 aromatic heterocycles. The van der Waals surface area contributed by atoms with Crippen LogP contribution < -0.4 is 9.04 Å². The average Bonchev–Trinajstić information content (AvgIpc) is 3.56. The number of fused-ring (bicyclic) bond motifs is 1. The zero-order valence-corrected chi connectivity index (χ0v) is 25.5. The lowest BCUT2D eigenvalue weighted by Gasteiger charge is -2.36. The van der Waals surface area contributed by atoms with Crippen molar-refractivity contribution in [3.05, 3.63) is 104 Å². The van der Waals surface area contributed by atoms with Gasteiger partial charge in [-0.2, -0.15) is 5.26 Å². The second-order valence-corrected chi connectivity index (χ2v) is 11.9. The Morgan fingerprint density at radius 3 is 2.70 bits per heavy atom. The quantitative estimate of drug-likeness (QED) is 0.135. The number of nitrogens with zero attached hydrogens (tertiary/aromatic N) is 6. The summed E-state index contributed by atoms with van der Waals surface area (Å²) in [5.41, 5.74) is 3.84. The van der Waals surface area contributed by atoms with Crippen LogP contribution in [0.15, 0.2) is 69.4 Å². The van der Waals surface area contributed by atoms with Crippen LogP contribution >= 0.6 is 0 Å². The van der Waals surface area contributed by atoms with Crippen LogP contribution in [0.5, 0.6) is 5.88 Å². The standard InChI is InChI=1S/C31H30N6O6S/c1-5-20-13-14-21(15-23(20)30(33-3)27-17-34-18-43-27)36(44(40,41)28-12-7-6-10-25(28)37(38)39)26-11-8-9-22-19(2)24(16-32)31(42-4)35-29(22)26/h6-7,10,12-15,17-18,26H,5,8-9,11H2,1-4H3/b33-30+. The van der Waals surface area contributed by atoms with E-state index in [1.54, 1.807) is 26.1 Å². The van der Waals surface area contributed by atoms with E-state index in [9.17, 15) is 23.8 Å². The van der Waals surface area contributed by atoms with E-state index >= 15 is 0 Å². The number of sulfonamides is 1. The first-order chi connectivity index (χ1) is 21.2. The third-order valence-corrected chi connectivity index (χ3v) is 9.74. The molecule has 0 N–H and O–H groups in total. The Bertz CT molecular complexity index is 1910. The topological polar surface area (TPSA) is 165 Å². The summed E-state index contributed by atoms with van der Waals surface area (Å²) >= 11 is 0. The molecule has 0 saturated heterocycles. The van der Waals surface area contributed by atoms with Crippen LogP contribution in [0.1, 0.15) is 65.1 Å². The van der Waals surface area contributed by atoms with Gasteiger partial charge in [0.25, 0.3) is 15.7 Å². The minimum absolute atomic E-state index is 0.0893. The van der Waals surface area contributed by atoms with Gasteiger partial charge >= 0.3 is 0 Å². The number of para-hydroxylation sites is 1. The highest BCUT2D eigenvalue weighted by Crippen LogP contribution is 2.44. The van der Waals surface area contributed by atoms with E-state index in [0.29, 0.717) is 54.0 Å². The van der Waals surface area contributed by atoms with Crippen LogP contribution in [-0.4, -0.2) is 43.2 Å². The van der Waals surface area contributed by atoms with E-state index in [-0.39, 0.29) is 17.1 Å². The van der Waals surface area contributed by atoms with Crippen molar-refractivity contribution in [3.8, 4) is 11.9 Å². The second kappa shape index (κ2) is 12.3. The molecule has 0 aliphatic heterocycles. The molecule has 226 valence electrons. The van der Waals surface area contributed by atoms with Gasteiger partial charge in [-0.3, -0.25) is 19.4 Å². The van der Waals surface area contributed by atoms with Gasteiger partial charge in [0.1, 0.15) is 17.3 Å². The molecule has 2 aromatic carbocycles. The molecule has 0 fully saturated rings. The zero-order chi connectivity index (χ0) is 31.6. The molecule has 5 rings (SSSR count). The van der Waals surface area contributed by atoms with Crippen molar-refractivity contribution < 1.29 is 22.5 Å². The number of rotatable bonds is 9. The second-order valence-electron chi connectivity index (χ2n) is 10.2. The van der Waals surface area contributed by atoms with Gasteiger partial charge in [-0.05, 0) is 67.5 Å². The number of nitro benzene ring substituents is 1. The van der Waals surface area contributed by atoms with Crippen molar-refractivity contribution in [2.75, 3.05) is 18.5 Å². The summed E-state index contributed by atoms with van der Waals surface area (Å²) in [4.78, 5) is 24.0. The summed E-state index contributed by atoms with van der Waals surface area (Å²) in [7, 11) is -1.56. The average molecular weight is 615 g/mol. The van der Waals surface area contributed by atoms with Gasteiger partial charge in [0.05, 0.1) is 35.7 Å². The number of pyridine rings is 1. The Hall–Kier alpha value is -5.09. The molecule has 12 nitrogen and oxygen atoms in total. The first kappa shape index (κ1) is 30.4. The maximum atomic E-state index is 14.7. The minimum Gasteiger partial charge on any atom is -0.480 e. The maximum absolute atomic E-state index is 14.7. The molecule has 13 heteroatoms. The van der Waals surface area contributed by atoms with E-state index < -0.39 is 31.6 Å². The molecule has 0 radical (unpaired) electrons. The highest BCUT2D eigenvalue weighted by atomic mass is 32.2.